The zero-order valence-electron chi connectivity index (χ0n) is 17.2. The van der Waals surface area contributed by atoms with Gasteiger partial charge in [0.2, 0.25) is 5.91 Å². The fraction of sp³-hybridized carbons (Fsp3) is 0.391. The van der Waals surface area contributed by atoms with E-state index < -0.39 is 6.04 Å². The minimum Gasteiger partial charge on any atom is -0.483 e. The average Bonchev–Trinajstić information content (AvgIpc) is 2.70. The Labute approximate surface area is 167 Å². The first-order valence-electron chi connectivity index (χ1n) is 9.74. The van der Waals surface area contributed by atoms with Crippen LogP contribution in [0.1, 0.15) is 30.5 Å². The van der Waals surface area contributed by atoms with Crippen LogP contribution in [0.15, 0.2) is 48.5 Å². The number of hydrogen-bond acceptors (Lipinski definition) is 3. The molecule has 0 aliphatic heterocycles. The van der Waals surface area contributed by atoms with Crippen LogP contribution in [0.2, 0.25) is 0 Å². The third kappa shape index (κ3) is 5.84. The van der Waals surface area contributed by atoms with Gasteiger partial charge in [0.25, 0.3) is 5.91 Å². The van der Waals surface area contributed by atoms with E-state index in [4.69, 9.17) is 4.74 Å². The van der Waals surface area contributed by atoms with Gasteiger partial charge in [-0.1, -0.05) is 42.5 Å². The van der Waals surface area contributed by atoms with Gasteiger partial charge in [0.1, 0.15) is 11.8 Å². The minimum absolute atomic E-state index is 0.0944. The zero-order chi connectivity index (χ0) is 20.5. The molecule has 1 N–H and O–H groups in total. The van der Waals surface area contributed by atoms with Gasteiger partial charge < -0.3 is 15.0 Å². The Kier molecular flexibility index (Phi) is 8.05. The van der Waals surface area contributed by atoms with Crippen LogP contribution in [0.4, 0.5) is 0 Å². The van der Waals surface area contributed by atoms with Gasteiger partial charge in [-0.2, -0.15) is 0 Å². The number of likely N-dealkylation sites (N-methyl/N-ethyl adjacent to an activating group) is 1. The van der Waals surface area contributed by atoms with E-state index in [1.165, 1.54) is 0 Å². The minimum atomic E-state index is -0.557. The summed E-state index contributed by atoms with van der Waals surface area (Å²) in [6.45, 7) is 8.49. The Morgan fingerprint density at radius 2 is 1.79 bits per heavy atom. The van der Waals surface area contributed by atoms with Crippen molar-refractivity contribution >= 4 is 11.8 Å². The van der Waals surface area contributed by atoms with Gasteiger partial charge in [0, 0.05) is 13.1 Å². The molecule has 28 heavy (non-hydrogen) atoms. The fourth-order valence-electron chi connectivity index (χ4n) is 2.99. The van der Waals surface area contributed by atoms with E-state index in [-0.39, 0.29) is 18.4 Å². The quantitative estimate of drug-likeness (QED) is 0.724. The fourth-order valence-corrected chi connectivity index (χ4v) is 2.99. The van der Waals surface area contributed by atoms with Crippen LogP contribution in [0, 0.1) is 13.8 Å². The topological polar surface area (TPSA) is 58.6 Å². The molecule has 0 saturated heterocycles. The molecule has 0 spiro atoms. The van der Waals surface area contributed by atoms with Crippen LogP contribution in [0.3, 0.4) is 0 Å². The molecule has 5 nitrogen and oxygen atoms in total. The standard InChI is InChI=1S/C23H30N2O3/c1-5-24-23(27)19(4)25(15-14-20-11-7-6-8-12-20)22(26)16-28-21-13-9-10-17(2)18(21)3/h6-13,19H,5,14-16H2,1-4H3,(H,24,27)/t19-/m1/s1. The molecular formula is C23H30N2O3. The maximum atomic E-state index is 12.9. The third-order valence-electron chi connectivity index (χ3n) is 4.91. The lowest BCUT2D eigenvalue weighted by Crippen LogP contribution is -2.50. The second kappa shape index (κ2) is 10.5. The molecule has 150 valence electrons. The lowest BCUT2D eigenvalue weighted by molar-refractivity contribution is -0.141. The van der Waals surface area contributed by atoms with Crippen LogP contribution in [0.25, 0.3) is 0 Å². The van der Waals surface area contributed by atoms with Crippen LogP contribution >= 0.6 is 0 Å². The van der Waals surface area contributed by atoms with E-state index >= 15 is 0 Å². The van der Waals surface area contributed by atoms with E-state index in [2.05, 4.69) is 5.32 Å². The molecule has 0 aliphatic carbocycles. The van der Waals surface area contributed by atoms with Crippen LogP contribution in [0.5, 0.6) is 5.75 Å². The van der Waals surface area contributed by atoms with Gasteiger partial charge in [-0.25, -0.2) is 0 Å². The normalized spacial score (nSPS) is 11.6. The number of aryl methyl sites for hydroxylation is 1. The molecule has 0 aliphatic rings. The van der Waals surface area contributed by atoms with Crippen molar-refractivity contribution in [1.29, 1.82) is 0 Å². The van der Waals surface area contributed by atoms with Crippen molar-refractivity contribution in [3.63, 3.8) is 0 Å². The third-order valence-corrected chi connectivity index (χ3v) is 4.91. The highest BCUT2D eigenvalue weighted by atomic mass is 16.5. The summed E-state index contributed by atoms with van der Waals surface area (Å²) in [5.74, 6) is 0.341. The molecule has 2 aromatic carbocycles. The molecule has 0 unspecified atom stereocenters. The van der Waals surface area contributed by atoms with Gasteiger partial charge in [-0.15, -0.1) is 0 Å². The number of carbonyl (C=O) groups is 2. The molecule has 0 saturated carbocycles. The molecule has 2 amide bonds. The highest BCUT2D eigenvalue weighted by molar-refractivity contribution is 5.87. The number of rotatable bonds is 9. The van der Waals surface area contributed by atoms with Crippen molar-refractivity contribution < 1.29 is 14.3 Å². The lowest BCUT2D eigenvalue weighted by Gasteiger charge is -2.28. The summed E-state index contributed by atoms with van der Waals surface area (Å²) in [5.41, 5.74) is 3.25. The second-order valence-electron chi connectivity index (χ2n) is 6.88. The summed E-state index contributed by atoms with van der Waals surface area (Å²) in [4.78, 5) is 26.8. The van der Waals surface area contributed by atoms with Crippen LogP contribution in [-0.2, 0) is 16.0 Å². The average molecular weight is 383 g/mol. The van der Waals surface area contributed by atoms with E-state index in [0.717, 1.165) is 16.7 Å². The summed E-state index contributed by atoms with van der Waals surface area (Å²) >= 11 is 0. The number of amides is 2. The first-order chi connectivity index (χ1) is 13.4. The molecule has 1 atom stereocenters. The first kappa shape index (κ1) is 21.5. The van der Waals surface area contributed by atoms with Gasteiger partial charge in [-0.3, -0.25) is 9.59 Å². The van der Waals surface area contributed by atoms with E-state index in [9.17, 15) is 9.59 Å². The molecule has 0 heterocycles. The van der Waals surface area contributed by atoms with Crippen molar-refractivity contribution in [2.45, 2.75) is 40.2 Å². The van der Waals surface area contributed by atoms with Gasteiger partial charge >= 0.3 is 0 Å². The maximum Gasteiger partial charge on any atom is 0.261 e. The Balaban J connectivity index is 2.08. The highest BCUT2D eigenvalue weighted by Crippen LogP contribution is 2.20. The molecule has 0 radical (unpaired) electrons. The lowest BCUT2D eigenvalue weighted by atomic mass is 10.1. The molecular weight excluding hydrogens is 352 g/mol. The predicted molar refractivity (Wildman–Crippen MR) is 111 cm³/mol. The van der Waals surface area contributed by atoms with Crippen molar-refractivity contribution in [3.05, 3.63) is 65.2 Å². The Bertz CT molecular complexity index is 790. The molecule has 2 aromatic rings. The first-order valence-corrected chi connectivity index (χ1v) is 9.74. The Hall–Kier alpha value is -2.82. The number of nitrogens with zero attached hydrogens (tertiary/aromatic N) is 1. The molecule has 0 fully saturated rings. The zero-order valence-corrected chi connectivity index (χ0v) is 17.2. The molecule has 0 bridgehead atoms. The number of hydrogen-bond donors (Lipinski definition) is 1. The predicted octanol–water partition coefficient (Wildman–Crippen LogP) is 3.28. The van der Waals surface area contributed by atoms with Crippen molar-refractivity contribution in [1.82, 2.24) is 10.2 Å². The molecule has 5 heteroatoms. The SMILES string of the molecule is CCNC(=O)[C@@H](C)N(CCc1ccccc1)C(=O)COc1cccc(C)c1C. The smallest absolute Gasteiger partial charge is 0.261 e. The second-order valence-corrected chi connectivity index (χ2v) is 6.88. The molecule has 0 aromatic heterocycles. The number of benzene rings is 2. The summed E-state index contributed by atoms with van der Waals surface area (Å²) in [5, 5.41) is 2.80. The number of carbonyl (C=O) groups excluding carboxylic acids is 2. The van der Waals surface area contributed by atoms with Gasteiger partial charge in [0.05, 0.1) is 0 Å². The summed E-state index contributed by atoms with van der Waals surface area (Å²) < 4.78 is 5.78. The summed E-state index contributed by atoms with van der Waals surface area (Å²) in [6.07, 6.45) is 0.680. The van der Waals surface area contributed by atoms with Gasteiger partial charge in [0.15, 0.2) is 6.61 Å². The van der Waals surface area contributed by atoms with E-state index in [1.807, 2.05) is 69.3 Å². The van der Waals surface area contributed by atoms with Crippen LogP contribution in [-0.4, -0.2) is 42.5 Å². The Morgan fingerprint density at radius 1 is 1.07 bits per heavy atom. The number of nitrogens with one attached hydrogen (secondary N) is 1. The van der Waals surface area contributed by atoms with Crippen molar-refractivity contribution in [3.8, 4) is 5.75 Å². The monoisotopic (exact) mass is 382 g/mol. The molecule has 2 rings (SSSR count). The summed E-state index contributed by atoms with van der Waals surface area (Å²) in [6, 6.07) is 15.2. The maximum absolute atomic E-state index is 12.9. The van der Waals surface area contributed by atoms with Crippen molar-refractivity contribution in [2.75, 3.05) is 19.7 Å². The van der Waals surface area contributed by atoms with Gasteiger partial charge in [-0.05, 0) is 56.9 Å². The van der Waals surface area contributed by atoms with E-state index in [1.54, 1.807) is 11.8 Å². The van der Waals surface area contributed by atoms with E-state index in [0.29, 0.717) is 25.3 Å². The van der Waals surface area contributed by atoms with Crippen molar-refractivity contribution in [2.24, 2.45) is 0 Å². The Morgan fingerprint density at radius 3 is 2.46 bits per heavy atom. The largest absolute Gasteiger partial charge is 0.483 e. The highest BCUT2D eigenvalue weighted by Gasteiger charge is 2.25. The number of ether oxygens (including phenoxy) is 1. The summed E-state index contributed by atoms with van der Waals surface area (Å²) in [7, 11) is 0. The van der Waals surface area contributed by atoms with Crippen LogP contribution < -0.4 is 10.1 Å².